The molecular formula is C16H19NO2. The molecule has 0 unspecified atom stereocenters. The Labute approximate surface area is 114 Å². The molecule has 0 aromatic heterocycles. The van der Waals surface area contributed by atoms with Gasteiger partial charge in [0.1, 0.15) is 18.1 Å². The highest BCUT2D eigenvalue weighted by Gasteiger charge is 2.03. The average Bonchev–Trinajstić information content (AvgIpc) is 2.45. The Kier molecular flexibility index (Phi) is 4.42. The second kappa shape index (κ2) is 6.25. The maximum Gasteiger partial charge on any atom is 0.119 e. The smallest absolute Gasteiger partial charge is 0.119 e. The molecule has 100 valence electrons. The van der Waals surface area contributed by atoms with E-state index in [2.05, 4.69) is 25.1 Å². The van der Waals surface area contributed by atoms with Gasteiger partial charge in [-0.2, -0.15) is 0 Å². The number of aryl methyl sites for hydroxylation is 1. The molecule has 0 radical (unpaired) electrons. The van der Waals surface area contributed by atoms with Gasteiger partial charge in [-0.3, -0.25) is 0 Å². The van der Waals surface area contributed by atoms with Gasteiger partial charge in [-0.1, -0.05) is 18.2 Å². The van der Waals surface area contributed by atoms with Gasteiger partial charge >= 0.3 is 0 Å². The van der Waals surface area contributed by atoms with Crippen LogP contribution in [0.1, 0.15) is 5.56 Å². The summed E-state index contributed by atoms with van der Waals surface area (Å²) in [4.78, 5) is 0. The predicted octanol–water partition coefficient (Wildman–Crippen LogP) is 3.01. The van der Waals surface area contributed by atoms with Crippen LogP contribution in [0, 0.1) is 6.92 Å². The number of hydrogen-bond donors (Lipinski definition) is 1. The highest BCUT2D eigenvalue weighted by molar-refractivity contribution is 5.68. The normalized spacial score (nSPS) is 10.3. The van der Waals surface area contributed by atoms with E-state index in [1.54, 1.807) is 7.11 Å². The Morgan fingerprint density at radius 2 is 1.68 bits per heavy atom. The Morgan fingerprint density at radius 3 is 2.26 bits per heavy atom. The van der Waals surface area contributed by atoms with E-state index in [0.717, 1.165) is 11.5 Å². The molecule has 3 nitrogen and oxygen atoms in total. The first-order valence-corrected chi connectivity index (χ1v) is 6.32. The molecule has 0 aliphatic carbocycles. The van der Waals surface area contributed by atoms with E-state index in [4.69, 9.17) is 15.2 Å². The molecule has 0 fully saturated rings. The van der Waals surface area contributed by atoms with Crippen LogP contribution in [0.4, 0.5) is 0 Å². The molecule has 19 heavy (non-hydrogen) atoms. The van der Waals surface area contributed by atoms with Gasteiger partial charge in [0.05, 0.1) is 7.11 Å². The Bertz CT molecular complexity index is 535. The molecule has 0 spiro atoms. The third kappa shape index (κ3) is 3.26. The molecule has 0 amide bonds. The van der Waals surface area contributed by atoms with Crippen molar-refractivity contribution in [3.8, 4) is 22.6 Å². The van der Waals surface area contributed by atoms with E-state index in [1.807, 2.05) is 24.3 Å². The maximum absolute atomic E-state index is 5.47. The largest absolute Gasteiger partial charge is 0.497 e. The van der Waals surface area contributed by atoms with Gasteiger partial charge in [-0.05, 0) is 47.9 Å². The second-order valence-electron chi connectivity index (χ2n) is 4.34. The Hall–Kier alpha value is -2.00. The molecule has 2 rings (SSSR count). The summed E-state index contributed by atoms with van der Waals surface area (Å²) in [6, 6.07) is 14.1. The van der Waals surface area contributed by atoms with Crippen molar-refractivity contribution in [3.63, 3.8) is 0 Å². The number of rotatable bonds is 5. The number of nitrogens with two attached hydrogens (primary N) is 1. The highest BCUT2D eigenvalue weighted by atomic mass is 16.5. The van der Waals surface area contributed by atoms with Crippen molar-refractivity contribution < 1.29 is 9.47 Å². The van der Waals surface area contributed by atoms with Crippen LogP contribution in [0.2, 0.25) is 0 Å². The maximum atomic E-state index is 5.47. The highest BCUT2D eigenvalue weighted by Crippen LogP contribution is 2.28. The molecule has 0 saturated carbocycles. The molecule has 0 bridgehead atoms. The summed E-state index contributed by atoms with van der Waals surface area (Å²) < 4.78 is 10.7. The topological polar surface area (TPSA) is 44.5 Å². The van der Waals surface area contributed by atoms with Crippen molar-refractivity contribution in [2.75, 3.05) is 20.3 Å². The fourth-order valence-corrected chi connectivity index (χ4v) is 1.99. The third-order valence-corrected chi connectivity index (χ3v) is 2.99. The lowest BCUT2D eigenvalue weighted by Gasteiger charge is -2.09. The van der Waals surface area contributed by atoms with E-state index in [9.17, 15) is 0 Å². The van der Waals surface area contributed by atoms with Crippen LogP contribution in [0.3, 0.4) is 0 Å². The third-order valence-electron chi connectivity index (χ3n) is 2.99. The fraction of sp³-hybridized carbons (Fsp3) is 0.250. The molecule has 0 aliphatic rings. The average molecular weight is 257 g/mol. The van der Waals surface area contributed by atoms with Gasteiger partial charge < -0.3 is 15.2 Å². The van der Waals surface area contributed by atoms with Gasteiger partial charge in [-0.15, -0.1) is 0 Å². The first kappa shape index (κ1) is 13.4. The fourth-order valence-electron chi connectivity index (χ4n) is 1.99. The molecule has 2 aromatic carbocycles. The molecular weight excluding hydrogens is 238 g/mol. The SMILES string of the molecule is COc1ccc(-c2ccc(OCCN)cc2)c(C)c1. The summed E-state index contributed by atoms with van der Waals surface area (Å²) in [5, 5.41) is 0. The lowest BCUT2D eigenvalue weighted by Crippen LogP contribution is -2.10. The van der Waals surface area contributed by atoms with Crippen molar-refractivity contribution in [1.82, 2.24) is 0 Å². The van der Waals surface area contributed by atoms with Crippen LogP contribution in [-0.4, -0.2) is 20.3 Å². The van der Waals surface area contributed by atoms with Gasteiger partial charge in [-0.25, -0.2) is 0 Å². The molecule has 0 saturated heterocycles. The van der Waals surface area contributed by atoms with Crippen molar-refractivity contribution in [2.45, 2.75) is 6.92 Å². The summed E-state index contributed by atoms with van der Waals surface area (Å²) in [6.45, 7) is 3.15. The summed E-state index contributed by atoms with van der Waals surface area (Å²) >= 11 is 0. The van der Waals surface area contributed by atoms with Gasteiger partial charge in [0.25, 0.3) is 0 Å². The summed E-state index contributed by atoms with van der Waals surface area (Å²) in [6.07, 6.45) is 0. The molecule has 2 N–H and O–H groups in total. The molecule has 3 heteroatoms. The quantitative estimate of drug-likeness (QED) is 0.895. The number of hydrogen-bond acceptors (Lipinski definition) is 3. The van der Waals surface area contributed by atoms with Crippen LogP contribution in [0.15, 0.2) is 42.5 Å². The second-order valence-corrected chi connectivity index (χ2v) is 4.34. The van der Waals surface area contributed by atoms with Crippen molar-refractivity contribution in [1.29, 1.82) is 0 Å². The van der Waals surface area contributed by atoms with E-state index >= 15 is 0 Å². The summed E-state index contributed by atoms with van der Waals surface area (Å²) in [7, 11) is 1.68. The summed E-state index contributed by atoms with van der Waals surface area (Å²) in [5.74, 6) is 1.73. The van der Waals surface area contributed by atoms with E-state index in [1.165, 1.54) is 16.7 Å². The first-order chi connectivity index (χ1) is 9.24. The minimum Gasteiger partial charge on any atom is -0.497 e. The van der Waals surface area contributed by atoms with Crippen molar-refractivity contribution in [3.05, 3.63) is 48.0 Å². The lowest BCUT2D eigenvalue weighted by atomic mass is 10.0. The minimum atomic E-state index is 0.527. The van der Waals surface area contributed by atoms with Crippen LogP contribution in [0.5, 0.6) is 11.5 Å². The zero-order valence-corrected chi connectivity index (χ0v) is 11.3. The standard InChI is InChI=1S/C16H19NO2/c1-12-11-15(18-2)7-8-16(12)13-3-5-14(6-4-13)19-10-9-17/h3-8,11H,9-10,17H2,1-2H3. The number of ether oxygens (including phenoxy) is 2. The van der Waals surface area contributed by atoms with E-state index in [0.29, 0.717) is 13.2 Å². The zero-order chi connectivity index (χ0) is 13.7. The van der Waals surface area contributed by atoms with Crippen molar-refractivity contribution >= 4 is 0 Å². The molecule has 0 heterocycles. The lowest BCUT2D eigenvalue weighted by molar-refractivity contribution is 0.328. The van der Waals surface area contributed by atoms with E-state index < -0.39 is 0 Å². The molecule has 0 aliphatic heterocycles. The number of methoxy groups -OCH3 is 1. The van der Waals surface area contributed by atoms with Gasteiger partial charge in [0.2, 0.25) is 0 Å². The molecule has 0 atom stereocenters. The monoisotopic (exact) mass is 257 g/mol. The van der Waals surface area contributed by atoms with Gasteiger partial charge in [0.15, 0.2) is 0 Å². The Morgan fingerprint density at radius 1 is 1.00 bits per heavy atom. The Balaban J connectivity index is 2.22. The zero-order valence-electron chi connectivity index (χ0n) is 11.3. The first-order valence-electron chi connectivity index (χ1n) is 6.32. The van der Waals surface area contributed by atoms with Crippen LogP contribution >= 0.6 is 0 Å². The van der Waals surface area contributed by atoms with Crippen LogP contribution in [0.25, 0.3) is 11.1 Å². The van der Waals surface area contributed by atoms with Crippen LogP contribution in [-0.2, 0) is 0 Å². The van der Waals surface area contributed by atoms with E-state index in [-0.39, 0.29) is 0 Å². The van der Waals surface area contributed by atoms with Crippen molar-refractivity contribution in [2.24, 2.45) is 5.73 Å². The van der Waals surface area contributed by atoms with Gasteiger partial charge in [0, 0.05) is 6.54 Å². The molecule has 2 aromatic rings. The number of benzene rings is 2. The van der Waals surface area contributed by atoms with Crippen LogP contribution < -0.4 is 15.2 Å². The minimum absolute atomic E-state index is 0.527. The summed E-state index contributed by atoms with van der Waals surface area (Å²) in [5.41, 5.74) is 8.96. The predicted molar refractivity (Wildman–Crippen MR) is 77.7 cm³/mol.